The van der Waals surface area contributed by atoms with Gasteiger partial charge in [-0.2, -0.15) is 0 Å². The molecular weight excluding hydrogens is 299 g/mol. The molecular formula is C6H8AuNO+4. The van der Waals surface area contributed by atoms with Crippen LogP contribution in [-0.2, 0) is 29.0 Å². The molecule has 0 spiro atoms. The number of hydrogen-bond donors (Lipinski definition) is 0. The maximum Gasteiger partial charge on any atom is 3.00 e. The maximum absolute atomic E-state index is 6.88. The minimum Gasteiger partial charge on any atom is -0.441 e. The molecule has 2 N–H and O–H groups in total. The van der Waals surface area contributed by atoms with Crippen molar-refractivity contribution < 1.29 is 27.5 Å². The van der Waals surface area contributed by atoms with E-state index in [2.05, 4.69) is 4.98 Å². The normalized spacial score (nSPS) is 8.11. The van der Waals surface area contributed by atoms with Crippen LogP contribution in [0.3, 0.4) is 0 Å². The molecule has 0 saturated heterocycles. The van der Waals surface area contributed by atoms with Crippen LogP contribution in [0, 0.1) is 0 Å². The fourth-order valence-electron chi connectivity index (χ4n) is 0.503. The smallest absolute Gasteiger partial charge is 0.441 e. The number of pyridine rings is 1. The van der Waals surface area contributed by atoms with Crippen LogP contribution in [0.25, 0.3) is 0 Å². The monoisotopic (exact) mass is 307 g/mol. The van der Waals surface area contributed by atoms with E-state index in [1.807, 2.05) is 18.2 Å². The minimum atomic E-state index is 0. The van der Waals surface area contributed by atoms with E-state index in [0.29, 0.717) is 0 Å². The summed E-state index contributed by atoms with van der Waals surface area (Å²) in [5.74, 6) is 0. The molecule has 0 bridgehead atoms. The van der Waals surface area contributed by atoms with Gasteiger partial charge in [-0.05, 0) is 12.1 Å². The van der Waals surface area contributed by atoms with Gasteiger partial charge >= 0.3 is 22.4 Å². The average molecular weight is 307 g/mol. The van der Waals surface area contributed by atoms with Crippen molar-refractivity contribution in [2.24, 2.45) is 0 Å². The Morgan fingerprint density at radius 3 is 2.56 bits per heavy atom. The summed E-state index contributed by atoms with van der Waals surface area (Å²) in [5.41, 5.74) is 0.826. The van der Waals surface area contributed by atoms with Crippen LogP contribution in [0.5, 0.6) is 0 Å². The summed E-state index contributed by atoms with van der Waals surface area (Å²) in [6, 6.07) is 5.57. The van der Waals surface area contributed by atoms with Gasteiger partial charge in [-0.3, -0.25) is 4.98 Å². The summed E-state index contributed by atoms with van der Waals surface area (Å²) < 4.78 is 0. The standard InChI is InChI=1S/C6H7NO.Au/c8-5-6-3-1-2-4-7-6;/h1-4,8H,5H2;/q;+3/p+1. The summed E-state index contributed by atoms with van der Waals surface area (Å²) in [6.07, 6.45) is 1.70. The first-order chi connectivity index (χ1) is 3.93. The Labute approximate surface area is 69.4 Å². The van der Waals surface area contributed by atoms with Crippen LogP contribution < -0.4 is 0 Å². The predicted molar refractivity (Wildman–Crippen MR) is 31.6 cm³/mol. The maximum atomic E-state index is 6.88. The number of nitrogens with zero attached hydrogens (tertiary/aromatic N) is 1. The molecule has 1 rings (SSSR count). The van der Waals surface area contributed by atoms with Gasteiger partial charge in [0.1, 0.15) is 5.69 Å². The van der Waals surface area contributed by atoms with E-state index >= 15 is 0 Å². The first kappa shape index (κ1) is 8.85. The Morgan fingerprint density at radius 1 is 1.44 bits per heavy atom. The summed E-state index contributed by atoms with van der Waals surface area (Å²) >= 11 is 0. The molecule has 0 atom stereocenters. The number of rotatable bonds is 1. The molecule has 1 aromatic heterocycles. The third kappa shape index (κ3) is 2.77. The van der Waals surface area contributed by atoms with Crippen molar-refractivity contribution >= 4 is 0 Å². The molecule has 0 radical (unpaired) electrons. The van der Waals surface area contributed by atoms with Gasteiger partial charge in [0.25, 0.3) is 0 Å². The zero-order valence-electron chi connectivity index (χ0n) is 4.77. The third-order valence-corrected chi connectivity index (χ3v) is 0.907. The van der Waals surface area contributed by atoms with E-state index in [-0.39, 0.29) is 29.0 Å². The molecule has 0 amide bonds. The molecule has 0 aliphatic carbocycles. The van der Waals surface area contributed by atoms with Crippen molar-refractivity contribution in [2.75, 3.05) is 0 Å². The molecule has 3 heteroatoms. The summed E-state index contributed by atoms with van der Waals surface area (Å²) in [4.78, 5) is 3.91. The van der Waals surface area contributed by atoms with Gasteiger partial charge in [-0.1, -0.05) is 6.07 Å². The van der Waals surface area contributed by atoms with Gasteiger partial charge in [0.05, 0.1) is 0 Å². The number of hydrogen-bond acceptors (Lipinski definition) is 1. The molecule has 0 aliphatic heterocycles. The van der Waals surface area contributed by atoms with Crippen molar-refractivity contribution in [3.05, 3.63) is 30.1 Å². The van der Waals surface area contributed by atoms with Crippen LogP contribution in [0.2, 0.25) is 0 Å². The first-order valence-electron chi connectivity index (χ1n) is 2.48. The van der Waals surface area contributed by atoms with Crippen molar-refractivity contribution in [1.29, 1.82) is 0 Å². The fourth-order valence-corrected chi connectivity index (χ4v) is 0.503. The van der Waals surface area contributed by atoms with Crippen molar-refractivity contribution in [3.63, 3.8) is 0 Å². The molecule has 0 saturated carbocycles. The predicted octanol–water partition coefficient (Wildman–Crippen LogP) is 0.304. The van der Waals surface area contributed by atoms with Crippen LogP contribution >= 0.6 is 0 Å². The van der Waals surface area contributed by atoms with Crippen molar-refractivity contribution in [1.82, 2.24) is 4.98 Å². The van der Waals surface area contributed by atoms with E-state index in [1.54, 1.807) is 6.20 Å². The van der Waals surface area contributed by atoms with E-state index < -0.39 is 0 Å². The van der Waals surface area contributed by atoms with Gasteiger partial charge in [-0.25, -0.2) is 0 Å². The molecule has 0 fully saturated rings. The molecule has 1 aromatic rings. The quantitative estimate of drug-likeness (QED) is 0.543. The van der Waals surface area contributed by atoms with E-state index in [1.165, 1.54) is 0 Å². The molecule has 2 nitrogen and oxygen atoms in total. The summed E-state index contributed by atoms with van der Waals surface area (Å²) in [6.45, 7) is 0.279. The molecule has 0 aliphatic rings. The van der Waals surface area contributed by atoms with Crippen molar-refractivity contribution in [3.8, 4) is 0 Å². The second-order valence-corrected chi connectivity index (χ2v) is 1.50. The Balaban J connectivity index is 0.000000640. The van der Waals surface area contributed by atoms with Gasteiger partial charge in [0.15, 0.2) is 6.61 Å². The van der Waals surface area contributed by atoms with Crippen LogP contribution in [0.15, 0.2) is 24.4 Å². The van der Waals surface area contributed by atoms with Gasteiger partial charge in [-0.15, -0.1) is 0 Å². The van der Waals surface area contributed by atoms with Crippen LogP contribution in [-0.4, -0.2) is 10.1 Å². The molecule has 0 aromatic carbocycles. The Kier molecular flexibility index (Phi) is 4.62. The first-order valence-corrected chi connectivity index (χ1v) is 2.48. The Morgan fingerprint density at radius 2 is 2.22 bits per heavy atom. The zero-order valence-corrected chi connectivity index (χ0v) is 6.93. The Hall–Kier alpha value is -0.150. The largest absolute Gasteiger partial charge is 3.00 e. The van der Waals surface area contributed by atoms with E-state index in [4.69, 9.17) is 5.11 Å². The van der Waals surface area contributed by atoms with Crippen LogP contribution in [0.1, 0.15) is 5.69 Å². The van der Waals surface area contributed by atoms with E-state index in [9.17, 15) is 0 Å². The molecule has 50 valence electrons. The Bertz CT molecular complexity index is 154. The molecule has 1 heterocycles. The van der Waals surface area contributed by atoms with Gasteiger partial charge in [0, 0.05) is 6.20 Å². The number of aromatic nitrogens is 1. The van der Waals surface area contributed by atoms with Crippen molar-refractivity contribution in [2.45, 2.75) is 6.61 Å². The zero-order chi connectivity index (χ0) is 5.82. The van der Waals surface area contributed by atoms with Gasteiger partial charge < -0.3 is 5.11 Å². The summed E-state index contributed by atoms with van der Waals surface area (Å²) in [7, 11) is 0. The SMILES string of the molecule is [Au+3].[OH2+]Cc1ccccn1. The molecule has 0 unspecified atom stereocenters. The van der Waals surface area contributed by atoms with E-state index in [0.717, 1.165) is 5.69 Å². The molecule has 9 heavy (non-hydrogen) atoms. The fraction of sp³-hybridized carbons (Fsp3) is 0.167. The second kappa shape index (κ2) is 4.70. The third-order valence-electron chi connectivity index (χ3n) is 0.907. The minimum absolute atomic E-state index is 0. The average Bonchev–Trinajstić information content (AvgIpc) is 1.90. The topological polar surface area (TPSA) is 35.8 Å². The second-order valence-electron chi connectivity index (χ2n) is 1.50. The van der Waals surface area contributed by atoms with Gasteiger partial charge in [0.2, 0.25) is 0 Å². The summed E-state index contributed by atoms with van der Waals surface area (Å²) in [5, 5.41) is 6.88. The van der Waals surface area contributed by atoms with Crippen LogP contribution in [0.4, 0.5) is 0 Å².